The molecule has 1 atom stereocenters. The fourth-order valence-electron chi connectivity index (χ4n) is 4.31. The molecular weight excluding hydrogens is 466 g/mol. The van der Waals surface area contributed by atoms with Gasteiger partial charge >= 0.3 is 0 Å². The molecule has 3 amide bonds. The number of nitrogens with zero attached hydrogens (tertiary/aromatic N) is 2. The van der Waals surface area contributed by atoms with Crippen LogP contribution in [0, 0.1) is 0 Å². The molecule has 184 valence electrons. The molecule has 1 saturated heterocycles. The zero-order valence-electron chi connectivity index (χ0n) is 20.1. The van der Waals surface area contributed by atoms with Crippen molar-refractivity contribution >= 4 is 40.6 Å². The molecule has 1 N–H and O–H groups in total. The number of anilines is 1. The van der Waals surface area contributed by atoms with E-state index < -0.39 is 0 Å². The van der Waals surface area contributed by atoms with Crippen LogP contribution in [0.15, 0.2) is 47.4 Å². The van der Waals surface area contributed by atoms with E-state index in [2.05, 4.69) is 23.2 Å². The molecule has 2 aliphatic heterocycles. The van der Waals surface area contributed by atoms with Gasteiger partial charge in [-0.3, -0.25) is 19.3 Å². The predicted octanol–water partition coefficient (Wildman–Crippen LogP) is 3.70. The van der Waals surface area contributed by atoms with Crippen LogP contribution in [-0.4, -0.2) is 61.8 Å². The summed E-state index contributed by atoms with van der Waals surface area (Å²) in [7, 11) is 3.09. The van der Waals surface area contributed by atoms with Crippen molar-refractivity contribution in [1.82, 2.24) is 10.2 Å². The van der Waals surface area contributed by atoms with Crippen molar-refractivity contribution < 1.29 is 23.9 Å². The van der Waals surface area contributed by atoms with Crippen molar-refractivity contribution in [3.05, 3.63) is 58.5 Å². The van der Waals surface area contributed by atoms with Gasteiger partial charge in [0.15, 0.2) is 11.5 Å². The van der Waals surface area contributed by atoms with Gasteiger partial charge in [-0.2, -0.15) is 0 Å². The van der Waals surface area contributed by atoms with Gasteiger partial charge in [0, 0.05) is 24.8 Å². The molecule has 35 heavy (non-hydrogen) atoms. The highest BCUT2D eigenvalue weighted by Crippen LogP contribution is 2.34. The summed E-state index contributed by atoms with van der Waals surface area (Å²) in [5.41, 5.74) is 3.06. The Hall–Kier alpha value is -3.46. The first-order valence-corrected chi connectivity index (χ1v) is 12.3. The molecule has 1 unspecified atom stereocenters. The Balaban J connectivity index is 1.33. The van der Waals surface area contributed by atoms with E-state index >= 15 is 0 Å². The lowest BCUT2D eigenvalue weighted by atomic mass is 9.97. The number of para-hydroxylation sites is 1. The Morgan fingerprint density at radius 3 is 2.69 bits per heavy atom. The monoisotopic (exact) mass is 495 g/mol. The van der Waals surface area contributed by atoms with Gasteiger partial charge in [0.1, 0.15) is 0 Å². The van der Waals surface area contributed by atoms with Crippen LogP contribution in [0.2, 0.25) is 0 Å². The number of thioether (sulfide) groups is 1. The lowest BCUT2D eigenvalue weighted by Gasteiger charge is -2.36. The zero-order chi connectivity index (χ0) is 24.9. The number of methoxy groups -OCH3 is 2. The van der Waals surface area contributed by atoms with Crippen LogP contribution in [0.25, 0.3) is 6.08 Å². The number of carbonyl (C=O) groups excluding carboxylic acids is 3. The number of hydrogen-bond acceptors (Lipinski definition) is 7. The average molecular weight is 496 g/mol. The maximum absolute atomic E-state index is 12.8. The maximum Gasteiger partial charge on any atom is 0.293 e. The molecule has 2 aromatic carbocycles. The Kier molecular flexibility index (Phi) is 7.65. The molecule has 0 saturated carbocycles. The average Bonchev–Trinajstić information content (AvgIpc) is 3.13. The van der Waals surface area contributed by atoms with Crippen molar-refractivity contribution in [3.8, 4) is 11.5 Å². The molecule has 0 aromatic heterocycles. The van der Waals surface area contributed by atoms with Gasteiger partial charge in [-0.1, -0.05) is 24.3 Å². The second kappa shape index (κ2) is 10.9. The summed E-state index contributed by atoms with van der Waals surface area (Å²) in [5, 5.41) is 2.50. The number of carbonyl (C=O) groups is 3. The first-order chi connectivity index (χ1) is 16.9. The fraction of sp³-hybridized carbons (Fsp3) is 0.346. The van der Waals surface area contributed by atoms with E-state index in [9.17, 15) is 14.4 Å². The summed E-state index contributed by atoms with van der Waals surface area (Å²) in [6, 6.07) is 13.7. The Morgan fingerprint density at radius 1 is 1.14 bits per heavy atom. The highest BCUT2D eigenvalue weighted by molar-refractivity contribution is 8.18. The first kappa shape index (κ1) is 24.7. The van der Waals surface area contributed by atoms with E-state index in [0.29, 0.717) is 16.4 Å². The molecule has 8 nitrogen and oxygen atoms in total. The van der Waals surface area contributed by atoms with Gasteiger partial charge in [0.05, 0.1) is 25.7 Å². The number of ether oxygens (including phenoxy) is 2. The van der Waals surface area contributed by atoms with E-state index in [1.54, 1.807) is 31.4 Å². The van der Waals surface area contributed by atoms with Crippen molar-refractivity contribution in [2.75, 3.05) is 38.8 Å². The van der Waals surface area contributed by atoms with Gasteiger partial charge in [-0.15, -0.1) is 0 Å². The van der Waals surface area contributed by atoms with E-state index in [1.807, 2.05) is 18.2 Å². The topological polar surface area (TPSA) is 88.2 Å². The molecular formula is C26H29N3O5S. The molecule has 0 radical (unpaired) electrons. The third-order valence-corrected chi connectivity index (χ3v) is 7.12. The molecule has 2 aromatic rings. The van der Waals surface area contributed by atoms with Gasteiger partial charge in [-0.05, 0) is 66.9 Å². The number of benzene rings is 2. The lowest BCUT2D eigenvalue weighted by Crippen LogP contribution is -2.46. The fourth-order valence-corrected chi connectivity index (χ4v) is 5.17. The van der Waals surface area contributed by atoms with E-state index in [4.69, 9.17) is 9.47 Å². The SMILES string of the molecule is COc1ccc(/C=C2\SC(=O)N(CCNC(=O)CN3c4ccccc4CCC3C)C2=O)cc1OC. The lowest BCUT2D eigenvalue weighted by molar-refractivity contribution is -0.124. The highest BCUT2D eigenvalue weighted by atomic mass is 32.2. The van der Waals surface area contributed by atoms with Crippen LogP contribution in [0.3, 0.4) is 0 Å². The van der Waals surface area contributed by atoms with Crippen molar-refractivity contribution in [2.24, 2.45) is 0 Å². The van der Waals surface area contributed by atoms with Crippen molar-refractivity contribution in [3.63, 3.8) is 0 Å². The second-order valence-corrected chi connectivity index (χ2v) is 9.44. The van der Waals surface area contributed by atoms with E-state index in [1.165, 1.54) is 12.7 Å². The highest BCUT2D eigenvalue weighted by Gasteiger charge is 2.35. The minimum Gasteiger partial charge on any atom is -0.493 e. The number of rotatable bonds is 8. The third kappa shape index (κ3) is 5.45. The molecule has 0 spiro atoms. The number of amides is 3. The molecule has 9 heteroatoms. The smallest absolute Gasteiger partial charge is 0.293 e. The second-order valence-electron chi connectivity index (χ2n) is 8.44. The summed E-state index contributed by atoms with van der Waals surface area (Å²) in [5.74, 6) is 0.605. The standard InChI is InChI=1S/C26H29N3O5S/c1-17-8-10-19-6-4-5-7-20(19)29(17)16-24(30)27-12-13-28-25(31)23(35-26(28)32)15-18-9-11-21(33-2)22(14-18)34-3/h4-7,9,11,14-15,17H,8,10,12-13,16H2,1-3H3,(H,27,30)/b23-15-. The summed E-state index contributed by atoms with van der Waals surface area (Å²) < 4.78 is 10.5. The number of nitrogens with one attached hydrogen (secondary N) is 1. The van der Waals surface area contributed by atoms with Crippen LogP contribution in [0.4, 0.5) is 10.5 Å². The largest absolute Gasteiger partial charge is 0.493 e. The van der Waals surface area contributed by atoms with Crippen LogP contribution in [0.5, 0.6) is 11.5 Å². The van der Waals surface area contributed by atoms with Crippen LogP contribution >= 0.6 is 11.8 Å². The third-order valence-electron chi connectivity index (χ3n) is 6.22. The molecule has 4 rings (SSSR count). The quantitative estimate of drug-likeness (QED) is 0.559. The summed E-state index contributed by atoms with van der Waals surface area (Å²) in [4.78, 5) is 41.5. The van der Waals surface area contributed by atoms with Crippen LogP contribution in [0.1, 0.15) is 24.5 Å². The van der Waals surface area contributed by atoms with Crippen molar-refractivity contribution in [2.45, 2.75) is 25.8 Å². The number of fused-ring (bicyclic) bond motifs is 1. The number of aryl methyl sites for hydroxylation is 1. The van der Waals surface area contributed by atoms with Crippen LogP contribution < -0.4 is 19.7 Å². The Morgan fingerprint density at radius 2 is 1.91 bits per heavy atom. The number of hydrogen-bond donors (Lipinski definition) is 1. The maximum atomic E-state index is 12.8. The van der Waals surface area contributed by atoms with E-state index in [-0.39, 0.29) is 42.7 Å². The van der Waals surface area contributed by atoms with Gasteiger partial charge in [0.2, 0.25) is 5.91 Å². The minimum absolute atomic E-state index is 0.117. The first-order valence-electron chi connectivity index (χ1n) is 11.5. The molecule has 2 aliphatic rings. The molecule has 0 bridgehead atoms. The Bertz CT molecular complexity index is 1170. The van der Waals surface area contributed by atoms with Gasteiger partial charge in [-0.25, -0.2) is 0 Å². The molecule has 1 fully saturated rings. The number of imide groups is 1. The Labute approximate surface area is 209 Å². The zero-order valence-corrected chi connectivity index (χ0v) is 20.9. The summed E-state index contributed by atoms with van der Waals surface area (Å²) in [6.45, 7) is 2.67. The predicted molar refractivity (Wildman–Crippen MR) is 137 cm³/mol. The van der Waals surface area contributed by atoms with Crippen LogP contribution in [-0.2, 0) is 16.0 Å². The van der Waals surface area contributed by atoms with Crippen molar-refractivity contribution in [1.29, 1.82) is 0 Å². The van der Waals surface area contributed by atoms with Gasteiger partial charge < -0.3 is 19.7 Å². The minimum atomic E-state index is -0.373. The normalized spacial score (nSPS) is 18.6. The van der Waals surface area contributed by atoms with E-state index in [0.717, 1.165) is 40.8 Å². The summed E-state index contributed by atoms with van der Waals surface area (Å²) in [6.07, 6.45) is 3.65. The summed E-state index contributed by atoms with van der Waals surface area (Å²) >= 11 is 0.885. The molecule has 0 aliphatic carbocycles. The van der Waals surface area contributed by atoms with Gasteiger partial charge in [0.25, 0.3) is 11.1 Å². The molecule has 2 heterocycles.